The molecule has 1 atom stereocenters. The molecule has 0 aliphatic rings. The van der Waals surface area contributed by atoms with E-state index in [1.54, 1.807) is 25.2 Å². The third-order valence-corrected chi connectivity index (χ3v) is 2.94. The Kier molecular flexibility index (Phi) is 5.19. The fourth-order valence-electron chi connectivity index (χ4n) is 1.70. The van der Waals surface area contributed by atoms with Gasteiger partial charge in [0.05, 0.1) is 19.1 Å². The Bertz CT molecular complexity index is 494. The summed E-state index contributed by atoms with van der Waals surface area (Å²) in [4.78, 5) is 13.9. The van der Waals surface area contributed by atoms with Crippen LogP contribution in [0.1, 0.15) is 30.6 Å². The highest BCUT2D eigenvalue weighted by molar-refractivity contribution is 6.01. The third kappa shape index (κ3) is 3.38. The second-order valence-corrected chi connectivity index (χ2v) is 4.28. The van der Waals surface area contributed by atoms with Crippen molar-refractivity contribution < 1.29 is 9.53 Å². The number of nitrogens with zero attached hydrogens (tertiary/aromatic N) is 2. The summed E-state index contributed by atoms with van der Waals surface area (Å²) in [5.41, 5.74) is 6.61. The quantitative estimate of drug-likeness (QED) is 0.822. The first-order chi connectivity index (χ1) is 9.02. The lowest BCUT2D eigenvalue weighted by atomic mass is 10.1. The van der Waals surface area contributed by atoms with Crippen LogP contribution in [0.5, 0.6) is 5.75 Å². The number of nitrogen functional groups attached to an aromatic ring is 1. The molecule has 0 fully saturated rings. The lowest BCUT2D eigenvalue weighted by Gasteiger charge is -2.24. The molecule has 0 aliphatic carbocycles. The SMILES string of the molecule is CCOc1cccc(N)c1C(=O)N(C)C(C)CC#N. The van der Waals surface area contributed by atoms with Gasteiger partial charge < -0.3 is 15.4 Å². The molecular weight excluding hydrogens is 242 g/mol. The van der Waals surface area contributed by atoms with Gasteiger partial charge in [-0.2, -0.15) is 5.26 Å². The standard InChI is InChI=1S/C14H19N3O2/c1-4-19-12-7-5-6-11(16)13(12)14(18)17(3)10(2)8-9-15/h5-7,10H,4,8,16H2,1-3H3. The normalized spacial score (nSPS) is 11.5. The van der Waals surface area contributed by atoms with Gasteiger partial charge in [-0.25, -0.2) is 0 Å². The molecule has 1 rings (SSSR count). The Morgan fingerprint density at radius 3 is 2.84 bits per heavy atom. The van der Waals surface area contributed by atoms with Gasteiger partial charge in [0.25, 0.3) is 5.91 Å². The minimum Gasteiger partial charge on any atom is -0.493 e. The van der Waals surface area contributed by atoms with E-state index in [2.05, 4.69) is 6.07 Å². The molecule has 1 aromatic rings. The predicted molar refractivity (Wildman–Crippen MR) is 73.8 cm³/mol. The number of carbonyl (C=O) groups is 1. The molecule has 1 amide bonds. The van der Waals surface area contributed by atoms with Crippen molar-refractivity contribution in [3.63, 3.8) is 0 Å². The maximum absolute atomic E-state index is 12.4. The number of hydrogen-bond donors (Lipinski definition) is 1. The second kappa shape index (κ2) is 6.64. The van der Waals surface area contributed by atoms with Crippen molar-refractivity contribution in [3.8, 4) is 11.8 Å². The summed E-state index contributed by atoms with van der Waals surface area (Å²) in [6.07, 6.45) is 0.277. The molecule has 0 bridgehead atoms. The zero-order valence-corrected chi connectivity index (χ0v) is 11.5. The number of amides is 1. The van der Waals surface area contributed by atoms with Crippen molar-refractivity contribution in [1.82, 2.24) is 4.90 Å². The van der Waals surface area contributed by atoms with E-state index in [-0.39, 0.29) is 18.4 Å². The van der Waals surface area contributed by atoms with Gasteiger partial charge in [0, 0.05) is 18.8 Å². The zero-order valence-electron chi connectivity index (χ0n) is 11.5. The monoisotopic (exact) mass is 261 g/mol. The largest absolute Gasteiger partial charge is 0.493 e. The van der Waals surface area contributed by atoms with Gasteiger partial charge in [-0.15, -0.1) is 0 Å². The van der Waals surface area contributed by atoms with E-state index >= 15 is 0 Å². The highest BCUT2D eigenvalue weighted by atomic mass is 16.5. The Balaban J connectivity index is 3.08. The van der Waals surface area contributed by atoms with Crippen LogP contribution in [0.25, 0.3) is 0 Å². The van der Waals surface area contributed by atoms with Gasteiger partial charge in [-0.05, 0) is 26.0 Å². The number of benzene rings is 1. The first kappa shape index (κ1) is 14.8. The Morgan fingerprint density at radius 1 is 1.58 bits per heavy atom. The van der Waals surface area contributed by atoms with Crippen molar-refractivity contribution in [2.24, 2.45) is 0 Å². The van der Waals surface area contributed by atoms with E-state index in [1.165, 1.54) is 4.90 Å². The van der Waals surface area contributed by atoms with E-state index in [4.69, 9.17) is 15.7 Å². The van der Waals surface area contributed by atoms with E-state index in [0.29, 0.717) is 23.6 Å². The van der Waals surface area contributed by atoms with Crippen LogP contribution in [-0.4, -0.2) is 30.5 Å². The third-order valence-electron chi connectivity index (χ3n) is 2.94. The van der Waals surface area contributed by atoms with Gasteiger partial charge in [-0.3, -0.25) is 4.79 Å². The van der Waals surface area contributed by atoms with Crippen molar-refractivity contribution in [1.29, 1.82) is 5.26 Å². The zero-order chi connectivity index (χ0) is 14.4. The molecule has 0 aromatic heterocycles. The van der Waals surface area contributed by atoms with Crippen LogP contribution in [0.3, 0.4) is 0 Å². The van der Waals surface area contributed by atoms with Crippen LogP contribution in [0, 0.1) is 11.3 Å². The smallest absolute Gasteiger partial charge is 0.259 e. The molecule has 2 N–H and O–H groups in total. The van der Waals surface area contributed by atoms with Crippen LogP contribution in [0.2, 0.25) is 0 Å². The van der Waals surface area contributed by atoms with E-state index in [9.17, 15) is 4.79 Å². The summed E-state index contributed by atoms with van der Waals surface area (Å²) < 4.78 is 5.44. The van der Waals surface area contributed by atoms with Crippen molar-refractivity contribution in [2.45, 2.75) is 26.3 Å². The molecule has 0 saturated carbocycles. The van der Waals surface area contributed by atoms with Gasteiger partial charge >= 0.3 is 0 Å². The molecule has 102 valence electrons. The number of hydrogen-bond acceptors (Lipinski definition) is 4. The summed E-state index contributed by atoms with van der Waals surface area (Å²) >= 11 is 0. The number of nitriles is 1. The lowest BCUT2D eigenvalue weighted by Crippen LogP contribution is -2.35. The number of carbonyl (C=O) groups excluding carboxylic acids is 1. The Hall–Kier alpha value is -2.22. The topological polar surface area (TPSA) is 79.3 Å². The molecule has 1 unspecified atom stereocenters. The highest BCUT2D eigenvalue weighted by Gasteiger charge is 2.22. The lowest BCUT2D eigenvalue weighted by molar-refractivity contribution is 0.0743. The van der Waals surface area contributed by atoms with Gasteiger partial charge in [-0.1, -0.05) is 6.07 Å². The Labute approximate surface area is 113 Å². The van der Waals surface area contributed by atoms with Gasteiger partial charge in [0.2, 0.25) is 0 Å². The summed E-state index contributed by atoms with van der Waals surface area (Å²) in [6, 6.07) is 7.01. The number of rotatable bonds is 5. The average Bonchev–Trinajstić information content (AvgIpc) is 2.38. The van der Waals surface area contributed by atoms with E-state index in [0.717, 1.165) is 0 Å². The second-order valence-electron chi connectivity index (χ2n) is 4.28. The predicted octanol–water partition coefficient (Wildman–Crippen LogP) is 2.04. The molecule has 5 nitrogen and oxygen atoms in total. The van der Waals surface area contributed by atoms with Crippen molar-refractivity contribution >= 4 is 11.6 Å². The molecule has 0 spiro atoms. The number of ether oxygens (including phenoxy) is 1. The summed E-state index contributed by atoms with van der Waals surface area (Å²) in [5, 5.41) is 8.69. The molecule has 0 aliphatic heterocycles. The van der Waals surface area contributed by atoms with E-state index in [1.807, 2.05) is 13.8 Å². The average molecular weight is 261 g/mol. The van der Waals surface area contributed by atoms with Crippen LogP contribution in [0.15, 0.2) is 18.2 Å². The highest BCUT2D eigenvalue weighted by Crippen LogP contribution is 2.26. The van der Waals surface area contributed by atoms with Crippen LogP contribution >= 0.6 is 0 Å². The number of anilines is 1. The Morgan fingerprint density at radius 2 is 2.26 bits per heavy atom. The summed E-state index contributed by atoms with van der Waals surface area (Å²) in [5.74, 6) is 0.243. The fourth-order valence-corrected chi connectivity index (χ4v) is 1.70. The van der Waals surface area contributed by atoms with Crippen LogP contribution in [0.4, 0.5) is 5.69 Å². The first-order valence-electron chi connectivity index (χ1n) is 6.18. The van der Waals surface area contributed by atoms with Crippen molar-refractivity contribution in [3.05, 3.63) is 23.8 Å². The first-order valence-corrected chi connectivity index (χ1v) is 6.18. The molecule has 0 heterocycles. The van der Waals surface area contributed by atoms with Gasteiger partial charge in [0.15, 0.2) is 0 Å². The molecular formula is C14H19N3O2. The minimum absolute atomic E-state index is 0.174. The van der Waals surface area contributed by atoms with Crippen molar-refractivity contribution in [2.75, 3.05) is 19.4 Å². The molecule has 0 radical (unpaired) electrons. The van der Waals surface area contributed by atoms with E-state index < -0.39 is 0 Å². The molecule has 0 saturated heterocycles. The van der Waals surface area contributed by atoms with Crippen LogP contribution in [-0.2, 0) is 0 Å². The van der Waals surface area contributed by atoms with Crippen LogP contribution < -0.4 is 10.5 Å². The fraction of sp³-hybridized carbons (Fsp3) is 0.429. The molecule has 1 aromatic carbocycles. The number of nitrogens with two attached hydrogens (primary N) is 1. The summed E-state index contributed by atoms with van der Waals surface area (Å²) in [6.45, 7) is 4.13. The van der Waals surface area contributed by atoms with Gasteiger partial charge in [0.1, 0.15) is 11.3 Å². The summed E-state index contributed by atoms with van der Waals surface area (Å²) in [7, 11) is 1.66. The maximum Gasteiger partial charge on any atom is 0.259 e. The maximum atomic E-state index is 12.4. The molecule has 19 heavy (non-hydrogen) atoms. The minimum atomic E-state index is -0.232. The molecule has 5 heteroatoms.